The number of aromatic nitrogens is 3. The Morgan fingerprint density at radius 3 is 2.50 bits per heavy atom. The molecule has 1 unspecified atom stereocenters. The van der Waals surface area contributed by atoms with E-state index < -0.39 is 11.8 Å². The number of rotatable bonds is 2. The largest absolute Gasteiger partial charge is 0.369 e. The van der Waals surface area contributed by atoms with Crippen molar-refractivity contribution < 1.29 is 8.78 Å². The van der Waals surface area contributed by atoms with Crippen LogP contribution in [0.25, 0.3) is 0 Å². The molecule has 0 aliphatic rings. The second-order valence-corrected chi connectivity index (χ2v) is 3.44. The molecule has 1 heterocycles. The van der Waals surface area contributed by atoms with Crippen molar-refractivity contribution in [2.45, 2.75) is 25.7 Å². The van der Waals surface area contributed by atoms with Crippen LogP contribution in [0.3, 0.4) is 0 Å². The number of nitrogens with one attached hydrogen (secondary N) is 1. The molecule has 1 aromatic heterocycles. The SMILES string of the molecule is CC(c1nc(=S)nc(N)[nH]1)C(C)(F)F. The highest BCUT2D eigenvalue weighted by Crippen LogP contribution is 2.30. The fourth-order valence-electron chi connectivity index (χ4n) is 0.863. The van der Waals surface area contributed by atoms with Crippen molar-refractivity contribution in [3.8, 4) is 0 Å². The maximum Gasteiger partial charge on any atom is 0.254 e. The lowest BCUT2D eigenvalue weighted by Gasteiger charge is -2.18. The topological polar surface area (TPSA) is 67.6 Å². The van der Waals surface area contributed by atoms with Gasteiger partial charge in [-0.3, -0.25) is 0 Å². The molecule has 0 spiro atoms. The van der Waals surface area contributed by atoms with E-state index in [-0.39, 0.29) is 16.5 Å². The minimum Gasteiger partial charge on any atom is -0.369 e. The average Bonchev–Trinajstić information content (AvgIpc) is 1.99. The molecule has 1 atom stereocenters. The summed E-state index contributed by atoms with van der Waals surface area (Å²) in [4.78, 5) is 9.73. The lowest BCUT2D eigenvalue weighted by Crippen LogP contribution is -2.22. The van der Waals surface area contributed by atoms with Gasteiger partial charge in [-0.15, -0.1) is 0 Å². The van der Waals surface area contributed by atoms with Gasteiger partial charge in [-0.1, -0.05) is 0 Å². The molecule has 1 rings (SSSR count). The Morgan fingerprint density at radius 2 is 2.07 bits per heavy atom. The first-order valence-corrected chi connectivity index (χ1v) is 4.33. The number of nitrogens with two attached hydrogens (primary N) is 1. The van der Waals surface area contributed by atoms with Crippen molar-refractivity contribution in [2.24, 2.45) is 0 Å². The molecule has 0 amide bonds. The molecule has 0 radical (unpaired) electrons. The van der Waals surface area contributed by atoms with Crippen molar-refractivity contribution in [3.63, 3.8) is 0 Å². The molecule has 0 aliphatic heterocycles. The van der Waals surface area contributed by atoms with Gasteiger partial charge in [-0.2, -0.15) is 4.98 Å². The third kappa shape index (κ3) is 2.44. The summed E-state index contributed by atoms with van der Waals surface area (Å²) in [6.45, 7) is 2.15. The van der Waals surface area contributed by atoms with E-state index in [4.69, 9.17) is 5.73 Å². The van der Waals surface area contributed by atoms with E-state index in [9.17, 15) is 8.78 Å². The highest BCUT2D eigenvalue weighted by Gasteiger charge is 2.33. The molecule has 0 fully saturated rings. The first kappa shape index (κ1) is 11.0. The molecule has 7 heteroatoms. The zero-order chi connectivity index (χ0) is 10.9. The fraction of sp³-hybridized carbons (Fsp3) is 0.571. The predicted octanol–water partition coefficient (Wildman–Crippen LogP) is 1.88. The van der Waals surface area contributed by atoms with Crippen molar-refractivity contribution in [2.75, 3.05) is 5.73 Å². The van der Waals surface area contributed by atoms with Gasteiger partial charge in [-0.05, 0) is 19.1 Å². The summed E-state index contributed by atoms with van der Waals surface area (Å²) in [6, 6.07) is 0. The van der Waals surface area contributed by atoms with Gasteiger partial charge < -0.3 is 10.7 Å². The number of aromatic amines is 1. The lowest BCUT2D eigenvalue weighted by molar-refractivity contribution is -0.00481. The Hall–Kier alpha value is -1.11. The first-order valence-electron chi connectivity index (χ1n) is 3.92. The van der Waals surface area contributed by atoms with Crippen molar-refractivity contribution >= 4 is 18.2 Å². The zero-order valence-electron chi connectivity index (χ0n) is 7.71. The maximum absolute atomic E-state index is 12.9. The van der Waals surface area contributed by atoms with Gasteiger partial charge in [-0.25, -0.2) is 13.8 Å². The Bertz CT molecular complexity index is 384. The average molecular weight is 220 g/mol. The third-order valence-electron chi connectivity index (χ3n) is 1.86. The van der Waals surface area contributed by atoms with E-state index >= 15 is 0 Å². The molecule has 3 N–H and O–H groups in total. The number of hydrogen-bond acceptors (Lipinski definition) is 4. The molecular formula is C7H10F2N4S. The molecular weight excluding hydrogens is 210 g/mol. The zero-order valence-corrected chi connectivity index (χ0v) is 8.53. The van der Waals surface area contributed by atoms with Gasteiger partial charge >= 0.3 is 0 Å². The summed E-state index contributed by atoms with van der Waals surface area (Å²) in [6.07, 6.45) is 0. The molecule has 0 saturated carbocycles. The Labute approximate surface area is 84.6 Å². The summed E-state index contributed by atoms with van der Waals surface area (Å²) in [5.74, 6) is -3.90. The highest BCUT2D eigenvalue weighted by molar-refractivity contribution is 7.71. The number of nitrogens with zero attached hydrogens (tertiary/aromatic N) is 2. The highest BCUT2D eigenvalue weighted by atomic mass is 32.1. The molecule has 0 bridgehead atoms. The van der Waals surface area contributed by atoms with E-state index in [0.29, 0.717) is 0 Å². The van der Waals surface area contributed by atoms with E-state index in [1.807, 2.05) is 0 Å². The lowest BCUT2D eigenvalue weighted by atomic mass is 10.1. The number of hydrogen-bond donors (Lipinski definition) is 2. The Kier molecular flexibility index (Phi) is 2.79. The van der Waals surface area contributed by atoms with Crippen LogP contribution in [0.5, 0.6) is 0 Å². The molecule has 0 aromatic carbocycles. The van der Waals surface area contributed by atoms with E-state index in [1.165, 1.54) is 6.92 Å². The van der Waals surface area contributed by atoms with Crippen LogP contribution < -0.4 is 5.73 Å². The van der Waals surface area contributed by atoms with Crippen LogP contribution in [-0.2, 0) is 0 Å². The molecule has 14 heavy (non-hydrogen) atoms. The summed E-state index contributed by atoms with van der Waals surface area (Å²) >= 11 is 4.66. The molecule has 78 valence electrons. The molecule has 0 aliphatic carbocycles. The molecule has 1 aromatic rings. The summed E-state index contributed by atoms with van der Waals surface area (Å²) in [5, 5.41) is 0. The Balaban J connectivity index is 3.14. The van der Waals surface area contributed by atoms with Gasteiger partial charge in [0.25, 0.3) is 5.92 Å². The summed E-state index contributed by atoms with van der Waals surface area (Å²) in [7, 11) is 0. The van der Waals surface area contributed by atoms with Crippen molar-refractivity contribution in [1.82, 2.24) is 15.0 Å². The number of alkyl halides is 2. The summed E-state index contributed by atoms with van der Waals surface area (Å²) in [5.41, 5.74) is 5.32. The van der Waals surface area contributed by atoms with Crippen LogP contribution in [0, 0.1) is 4.77 Å². The van der Waals surface area contributed by atoms with E-state index in [1.54, 1.807) is 0 Å². The van der Waals surface area contributed by atoms with Gasteiger partial charge in [0.1, 0.15) is 5.82 Å². The standard InChI is InChI=1S/C7H10F2N4S/c1-3(7(2,8)9)4-11-5(10)13-6(14)12-4/h3H,1-2H3,(H3,10,11,12,13,14). The van der Waals surface area contributed by atoms with Crippen LogP contribution in [-0.4, -0.2) is 20.9 Å². The monoisotopic (exact) mass is 220 g/mol. The van der Waals surface area contributed by atoms with Gasteiger partial charge in [0.15, 0.2) is 0 Å². The number of H-pyrrole nitrogens is 1. The third-order valence-corrected chi connectivity index (χ3v) is 2.04. The fourth-order valence-corrected chi connectivity index (χ4v) is 1.06. The van der Waals surface area contributed by atoms with Gasteiger partial charge in [0.2, 0.25) is 10.7 Å². The van der Waals surface area contributed by atoms with E-state index in [0.717, 1.165) is 6.92 Å². The van der Waals surface area contributed by atoms with Crippen LogP contribution in [0.1, 0.15) is 25.6 Å². The van der Waals surface area contributed by atoms with Crippen molar-refractivity contribution in [3.05, 3.63) is 10.6 Å². The molecule has 4 nitrogen and oxygen atoms in total. The maximum atomic E-state index is 12.9. The van der Waals surface area contributed by atoms with Crippen LogP contribution >= 0.6 is 12.2 Å². The summed E-state index contributed by atoms with van der Waals surface area (Å²) < 4.78 is 25.8. The Morgan fingerprint density at radius 1 is 1.50 bits per heavy atom. The van der Waals surface area contributed by atoms with E-state index in [2.05, 4.69) is 27.2 Å². The van der Waals surface area contributed by atoms with Gasteiger partial charge in [0.05, 0.1) is 5.92 Å². The van der Waals surface area contributed by atoms with Crippen molar-refractivity contribution in [1.29, 1.82) is 0 Å². The quantitative estimate of drug-likeness (QED) is 0.747. The molecule has 0 saturated heterocycles. The minimum atomic E-state index is -2.88. The number of nitrogen functional groups attached to an aromatic ring is 1. The van der Waals surface area contributed by atoms with Crippen LogP contribution in [0.4, 0.5) is 14.7 Å². The number of halogens is 2. The van der Waals surface area contributed by atoms with Crippen LogP contribution in [0.2, 0.25) is 0 Å². The normalized spacial score (nSPS) is 14.0. The number of anilines is 1. The first-order chi connectivity index (χ1) is 6.30. The van der Waals surface area contributed by atoms with Gasteiger partial charge in [0, 0.05) is 6.92 Å². The smallest absolute Gasteiger partial charge is 0.254 e. The van der Waals surface area contributed by atoms with Crippen LogP contribution in [0.15, 0.2) is 0 Å². The minimum absolute atomic E-state index is 0.00361. The predicted molar refractivity (Wildman–Crippen MR) is 50.7 cm³/mol. The second kappa shape index (κ2) is 3.56. The second-order valence-electron chi connectivity index (χ2n) is 3.08.